The minimum Gasteiger partial charge on any atom is -0.370 e. The number of nitrogens with zero attached hydrogens (tertiary/aromatic N) is 1. The number of aryl methyl sites for hydroxylation is 1. The summed E-state index contributed by atoms with van der Waals surface area (Å²) >= 11 is 0. The summed E-state index contributed by atoms with van der Waals surface area (Å²) in [6.07, 6.45) is 0. The number of hydrogen-bond acceptors (Lipinski definition) is 3. The zero-order valence-electron chi connectivity index (χ0n) is 13.4. The van der Waals surface area contributed by atoms with E-state index in [4.69, 9.17) is 5.73 Å². The Morgan fingerprint density at radius 3 is 2.57 bits per heavy atom. The number of nitrogens with one attached hydrogen (secondary N) is 1. The van der Waals surface area contributed by atoms with Crippen LogP contribution in [0.1, 0.15) is 26.3 Å². The first-order valence-electron chi connectivity index (χ1n) is 7.30. The number of carbonyl (C=O) groups is 1. The van der Waals surface area contributed by atoms with E-state index in [-0.39, 0.29) is 24.2 Å². The number of benzene rings is 1. The molecule has 4 nitrogen and oxygen atoms in total. The van der Waals surface area contributed by atoms with Crippen molar-refractivity contribution in [3.05, 3.63) is 29.8 Å². The first-order valence-corrected chi connectivity index (χ1v) is 7.30. The molecule has 0 aliphatic carbocycles. The van der Waals surface area contributed by atoms with Gasteiger partial charge in [-0.1, -0.05) is 26.0 Å². The number of likely N-dealkylation sites (N-methyl/N-ethyl adjacent to an activating group) is 1. The van der Waals surface area contributed by atoms with Crippen LogP contribution in [0.2, 0.25) is 0 Å². The molecule has 0 unspecified atom stereocenters. The highest BCUT2D eigenvalue weighted by atomic mass is 35.5. The molecule has 120 valence electrons. The molecule has 0 saturated heterocycles. The molecule has 3 N–H and O–H groups in total. The van der Waals surface area contributed by atoms with Gasteiger partial charge in [0, 0.05) is 25.3 Å². The van der Waals surface area contributed by atoms with Crippen LogP contribution >= 0.6 is 12.4 Å². The van der Waals surface area contributed by atoms with Crippen LogP contribution < -0.4 is 16.0 Å². The minimum atomic E-state index is -0.427. The molecule has 0 fully saturated rings. The van der Waals surface area contributed by atoms with Gasteiger partial charge in [0.15, 0.2) is 0 Å². The Balaban J connectivity index is 0.00000400. The van der Waals surface area contributed by atoms with Gasteiger partial charge in [0.25, 0.3) is 0 Å². The molecule has 0 aliphatic rings. The number of anilines is 1. The van der Waals surface area contributed by atoms with Crippen LogP contribution in [-0.2, 0) is 4.79 Å². The Morgan fingerprint density at radius 2 is 2.05 bits per heavy atom. The summed E-state index contributed by atoms with van der Waals surface area (Å²) in [4.78, 5) is 14.0. The Kier molecular flexibility index (Phi) is 9.06. The molecule has 0 aromatic heterocycles. The number of amides is 1. The van der Waals surface area contributed by atoms with Crippen LogP contribution in [0.4, 0.5) is 5.69 Å². The second-order valence-corrected chi connectivity index (χ2v) is 5.48. The topological polar surface area (TPSA) is 58.4 Å². The molecule has 1 aromatic rings. The zero-order valence-corrected chi connectivity index (χ0v) is 14.2. The minimum absolute atomic E-state index is 0. The van der Waals surface area contributed by atoms with E-state index in [0.717, 1.165) is 13.1 Å². The molecule has 0 heterocycles. The lowest BCUT2D eigenvalue weighted by Gasteiger charge is -2.24. The first kappa shape index (κ1) is 19.7. The fraction of sp³-hybridized carbons (Fsp3) is 0.562. The lowest BCUT2D eigenvalue weighted by atomic mass is 10.1. The SMILES string of the molecule is CCN(CCNC(=O)[C@@H](N)C(C)C)c1cccc(C)c1.Cl. The number of halogens is 1. The molecule has 1 amide bonds. The number of nitrogens with two attached hydrogens (primary N) is 1. The largest absolute Gasteiger partial charge is 0.370 e. The Labute approximate surface area is 134 Å². The van der Waals surface area contributed by atoms with Crippen LogP contribution in [0, 0.1) is 12.8 Å². The third-order valence-electron chi connectivity index (χ3n) is 3.45. The van der Waals surface area contributed by atoms with Gasteiger partial charge in [-0.05, 0) is 37.5 Å². The molecule has 0 radical (unpaired) electrons. The Morgan fingerprint density at radius 1 is 1.38 bits per heavy atom. The highest BCUT2D eigenvalue weighted by Crippen LogP contribution is 2.14. The van der Waals surface area contributed by atoms with Crippen LogP contribution in [-0.4, -0.2) is 31.6 Å². The van der Waals surface area contributed by atoms with E-state index < -0.39 is 6.04 Å². The van der Waals surface area contributed by atoms with E-state index in [9.17, 15) is 4.79 Å². The summed E-state index contributed by atoms with van der Waals surface area (Å²) in [5.74, 6) is 0.0920. The zero-order chi connectivity index (χ0) is 15.1. The number of rotatable bonds is 7. The van der Waals surface area contributed by atoms with Gasteiger partial charge in [0.05, 0.1) is 6.04 Å². The van der Waals surface area contributed by atoms with Gasteiger partial charge in [-0.15, -0.1) is 12.4 Å². The monoisotopic (exact) mass is 313 g/mol. The molecule has 1 atom stereocenters. The van der Waals surface area contributed by atoms with Gasteiger partial charge in [-0.3, -0.25) is 4.79 Å². The summed E-state index contributed by atoms with van der Waals surface area (Å²) in [6, 6.07) is 7.97. The van der Waals surface area contributed by atoms with Gasteiger partial charge >= 0.3 is 0 Å². The van der Waals surface area contributed by atoms with Crippen LogP contribution in [0.3, 0.4) is 0 Å². The lowest BCUT2D eigenvalue weighted by molar-refractivity contribution is -0.123. The van der Waals surface area contributed by atoms with E-state index >= 15 is 0 Å². The van der Waals surface area contributed by atoms with E-state index in [1.54, 1.807) is 0 Å². The third kappa shape index (κ3) is 6.36. The van der Waals surface area contributed by atoms with Gasteiger partial charge in [-0.25, -0.2) is 0 Å². The van der Waals surface area contributed by atoms with Gasteiger partial charge in [-0.2, -0.15) is 0 Å². The summed E-state index contributed by atoms with van der Waals surface area (Å²) < 4.78 is 0. The second-order valence-electron chi connectivity index (χ2n) is 5.48. The van der Waals surface area contributed by atoms with Crippen molar-refractivity contribution in [1.29, 1.82) is 0 Å². The van der Waals surface area contributed by atoms with Crippen molar-refractivity contribution in [2.45, 2.75) is 33.7 Å². The van der Waals surface area contributed by atoms with Crippen molar-refractivity contribution in [3.8, 4) is 0 Å². The third-order valence-corrected chi connectivity index (χ3v) is 3.45. The predicted octanol–water partition coefficient (Wildman–Crippen LogP) is 2.34. The molecule has 0 saturated carbocycles. The van der Waals surface area contributed by atoms with Crippen molar-refractivity contribution in [3.63, 3.8) is 0 Å². The summed E-state index contributed by atoms with van der Waals surface area (Å²) in [5, 5.41) is 2.91. The van der Waals surface area contributed by atoms with E-state index in [0.29, 0.717) is 6.54 Å². The highest BCUT2D eigenvalue weighted by molar-refractivity contribution is 5.85. The summed E-state index contributed by atoms with van der Waals surface area (Å²) in [5.41, 5.74) is 8.25. The van der Waals surface area contributed by atoms with E-state index in [1.807, 2.05) is 13.8 Å². The van der Waals surface area contributed by atoms with Crippen molar-refractivity contribution < 1.29 is 4.79 Å². The standard InChI is InChI=1S/C16H27N3O.ClH/c1-5-19(14-8-6-7-13(4)11-14)10-9-18-16(20)15(17)12(2)3;/h6-8,11-12,15H,5,9-10,17H2,1-4H3,(H,18,20);1H/t15-;/m0./s1. The first-order chi connectivity index (χ1) is 9.45. The normalized spacial score (nSPS) is 11.7. The fourth-order valence-corrected chi connectivity index (χ4v) is 2.03. The Hall–Kier alpha value is -1.26. The molecule has 1 rings (SSSR count). The van der Waals surface area contributed by atoms with Crippen LogP contribution in [0.15, 0.2) is 24.3 Å². The molecule has 0 bridgehead atoms. The smallest absolute Gasteiger partial charge is 0.237 e. The number of carbonyl (C=O) groups excluding carboxylic acids is 1. The molecule has 0 spiro atoms. The summed E-state index contributed by atoms with van der Waals surface area (Å²) in [6.45, 7) is 10.4. The van der Waals surface area contributed by atoms with Crippen molar-refractivity contribution in [1.82, 2.24) is 5.32 Å². The molecule has 0 aliphatic heterocycles. The quantitative estimate of drug-likeness (QED) is 0.812. The van der Waals surface area contributed by atoms with Crippen molar-refractivity contribution in [2.24, 2.45) is 11.7 Å². The van der Waals surface area contributed by atoms with Gasteiger partial charge in [0.2, 0.25) is 5.91 Å². The average Bonchev–Trinajstić information content (AvgIpc) is 2.42. The van der Waals surface area contributed by atoms with Crippen LogP contribution in [0.5, 0.6) is 0 Å². The molecular weight excluding hydrogens is 286 g/mol. The lowest BCUT2D eigenvalue weighted by Crippen LogP contribution is -2.46. The fourth-order valence-electron chi connectivity index (χ4n) is 2.03. The maximum absolute atomic E-state index is 11.8. The average molecular weight is 314 g/mol. The second kappa shape index (κ2) is 9.64. The van der Waals surface area contributed by atoms with Gasteiger partial charge < -0.3 is 16.0 Å². The van der Waals surface area contributed by atoms with Crippen molar-refractivity contribution >= 4 is 24.0 Å². The molecule has 1 aromatic carbocycles. The van der Waals surface area contributed by atoms with Gasteiger partial charge in [0.1, 0.15) is 0 Å². The summed E-state index contributed by atoms with van der Waals surface area (Å²) in [7, 11) is 0. The van der Waals surface area contributed by atoms with E-state index in [1.165, 1.54) is 11.3 Å². The molecule has 21 heavy (non-hydrogen) atoms. The highest BCUT2D eigenvalue weighted by Gasteiger charge is 2.16. The molecule has 5 heteroatoms. The predicted molar refractivity (Wildman–Crippen MR) is 92.1 cm³/mol. The molecular formula is C16H28ClN3O. The maximum Gasteiger partial charge on any atom is 0.237 e. The van der Waals surface area contributed by atoms with Crippen LogP contribution in [0.25, 0.3) is 0 Å². The number of hydrogen-bond donors (Lipinski definition) is 2. The van der Waals surface area contributed by atoms with E-state index in [2.05, 4.69) is 48.3 Å². The van der Waals surface area contributed by atoms with Crippen molar-refractivity contribution in [2.75, 3.05) is 24.5 Å². The Bertz CT molecular complexity index is 437. The maximum atomic E-state index is 11.8.